The van der Waals surface area contributed by atoms with Crippen LogP contribution in [0.3, 0.4) is 0 Å². The minimum Gasteiger partial charge on any atom is -0.371 e. The molecular formula is C17H22ClN3. The van der Waals surface area contributed by atoms with Gasteiger partial charge in [0.05, 0.1) is 10.7 Å². The topological polar surface area (TPSA) is 41.3 Å². The van der Waals surface area contributed by atoms with Crippen molar-refractivity contribution in [2.24, 2.45) is 5.73 Å². The number of rotatable bonds is 6. The second kappa shape index (κ2) is 7.34. The molecule has 2 rings (SSSR count). The summed E-state index contributed by atoms with van der Waals surface area (Å²) in [6.45, 7) is 6.72. The van der Waals surface area contributed by atoms with E-state index in [1.807, 2.05) is 30.3 Å². The van der Waals surface area contributed by atoms with E-state index in [1.165, 1.54) is 0 Å². The maximum absolute atomic E-state index is 6.40. The van der Waals surface area contributed by atoms with Crippen molar-refractivity contribution in [3.63, 3.8) is 0 Å². The quantitative estimate of drug-likeness (QED) is 0.831. The van der Waals surface area contributed by atoms with Crippen LogP contribution in [0, 0.1) is 0 Å². The summed E-state index contributed by atoms with van der Waals surface area (Å²) in [4.78, 5) is 2.24. The summed E-state index contributed by atoms with van der Waals surface area (Å²) in [6.07, 6.45) is 0. The van der Waals surface area contributed by atoms with Gasteiger partial charge in [-0.3, -0.25) is 0 Å². The zero-order chi connectivity index (χ0) is 15.2. The normalized spacial score (nSPS) is 10.5. The SMILES string of the molecule is CCN(CC)c1ccc(Nc2ccc(CN)cc2)cc1Cl. The third-order valence-electron chi connectivity index (χ3n) is 3.53. The Balaban J connectivity index is 2.15. The fourth-order valence-corrected chi connectivity index (χ4v) is 2.60. The van der Waals surface area contributed by atoms with Crippen molar-refractivity contribution in [1.82, 2.24) is 0 Å². The van der Waals surface area contributed by atoms with Gasteiger partial charge < -0.3 is 16.0 Å². The van der Waals surface area contributed by atoms with Crippen LogP contribution in [0.1, 0.15) is 19.4 Å². The number of nitrogens with one attached hydrogen (secondary N) is 1. The van der Waals surface area contributed by atoms with E-state index >= 15 is 0 Å². The Morgan fingerprint density at radius 1 is 1.00 bits per heavy atom. The Morgan fingerprint density at radius 3 is 2.14 bits per heavy atom. The average molecular weight is 304 g/mol. The van der Waals surface area contributed by atoms with Gasteiger partial charge in [-0.2, -0.15) is 0 Å². The number of nitrogens with two attached hydrogens (primary N) is 1. The highest BCUT2D eigenvalue weighted by Gasteiger charge is 2.07. The van der Waals surface area contributed by atoms with E-state index in [1.54, 1.807) is 0 Å². The number of hydrogen-bond donors (Lipinski definition) is 2. The molecule has 0 radical (unpaired) electrons. The highest BCUT2D eigenvalue weighted by atomic mass is 35.5. The number of hydrogen-bond acceptors (Lipinski definition) is 3. The fourth-order valence-electron chi connectivity index (χ4n) is 2.30. The predicted octanol–water partition coefficient (Wildman–Crippen LogP) is 4.39. The van der Waals surface area contributed by atoms with Gasteiger partial charge in [0.15, 0.2) is 0 Å². The van der Waals surface area contributed by atoms with Gasteiger partial charge in [-0.05, 0) is 49.7 Å². The Kier molecular flexibility index (Phi) is 5.48. The van der Waals surface area contributed by atoms with Crippen molar-refractivity contribution < 1.29 is 0 Å². The van der Waals surface area contributed by atoms with Crippen LogP contribution < -0.4 is 16.0 Å². The zero-order valence-electron chi connectivity index (χ0n) is 12.6. The molecule has 0 aliphatic carbocycles. The maximum atomic E-state index is 6.40. The predicted molar refractivity (Wildman–Crippen MR) is 92.6 cm³/mol. The molecule has 3 N–H and O–H groups in total. The Hall–Kier alpha value is -1.71. The molecule has 0 aliphatic rings. The van der Waals surface area contributed by atoms with E-state index in [4.69, 9.17) is 17.3 Å². The minimum absolute atomic E-state index is 0.560. The van der Waals surface area contributed by atoms with Gasteiger partial charge in [-0.25, -0.2) is 0 Å². The first kappa shape index (κ1) is 15.7. The van der Waals surface area contributed by atoms with Crippen LogP contribution in [0.5, 0.6) is 0 Å². The summed E-state index contributed by atoms with van der Waals surface area (Å²) in [7, 11) is 0. The monoisotopic (exact) mass is 303 g/mol. The Morgan fingerprint density at radius 2 is 1.62 bits per heavy atom. The number of anilines is 3. The second-order valence-corrected chi connectivity index (χ2v) is 5.27. The molecule has 4 heteroatoms. The van der Waals surface area contributed by atoms with Gasteiger partial charge in [-0.15, -0.1) is 0 Å². The highest BCUT2D eigenvalue weighted by Crippen LogP contribution is 2.30. The molecule has 3 nitrogen and oxygen atoms in total. The summed E-state index contributed by atoms with van der Waals surface area (Å²) in [5.74, 6) is 0. The van der Waals surface area contributed by atoms with E-state index in [2.05, 4.69) is 36.2 Å². The van der Waals surface area contributed by atoms with E-state index in [-0.39, 0.29) is 0 Å². The van der Waals surface area contributed by atoms with Gasteiger partial charge >= 0.3 is 0 Å². The molecule has 0 spiro atoms. The van der Waals surface area contributed by atoms with Crippen molar-refractivity contribution in [3.05, 3.63) is 53.1 Å². The van der Waals surface area contributed by atoms with E-state index in [0.29, 0.717) is 6.54 Å². The molecule has 0 aromatic heterocycles. The third-order valence-corrected chi connectivity index (χ3v) is 3.83. The van der Waals surface area contributed by atoms with Crippen molar-refractivity contribution >= 4 is 28.7 Å². The standard InChI is InChI=1S/C17H22ClN3/c1-3-21(4-2)17-10-9-15(11-16(17)18)20-14-7-5-13(12-19)6-8-14/h5-11,20H,3-4,12,19H2,1-2H3. The van der Waals surface area contributed by atoms with Gasteiger partial charge in [0.2, 0.25) is 0 Å². The lowest BCUT2D eigenvalue weighted by Crippen LogP contribution is -2.22. The lowest BCUT2D eigenvalue weighted by Gasteiger charge is -2.22. The smallest absolute Gasteiger partial charge is 0.0660 e. The summed E-state index contributed by atoms with van der Waals surface area (Å²) in [5.41, 5.74) is 9.81. The van der Waals surface area contributed by atoms with E-state index in [9.17, 15) is 0 Å². The first-order valence-corrected chi connectivity index (χ1v) is 7.66. The van der Waals surface area contributed by atoms with Gasteiger partial charge in [0.25, 0.3) is 0 Å². The molecule has 0 aliphatic heterocycles. The van der Waals surface area contributed by atoms with Crippen molar-refractivity contribution in [3.8, 4) is 0 Å². The van der Waals surface area contributed by atoms with E-state index < -0.39 is 0 Å². The van der Waals surface area contributed by atoms with Gasteiger partial charge in [0.1, 0.15) is 0 Å². The Bertz CT molecular complexity index is 577. The Labute approximate surface area is 131 Å². The molecule has 2 aromatic carbocycles. The second-order valence-electron chi connectivity index (χ2n) is 4.86. The molecule has 0 amide bonds. The summed E-state index contributed by atoms with van der Waals surface area (Å²) in [5, 5.41) is 4.12. The van der Waals surface area contributed by atoms with Crippen LogP contribution in [0.25, 0.3) is 0 Å². The summed E-state index contributed by atoms with van der Waals surface area (Å²) in [6, 6.07) is 14.2. The summed E-state index contributed by atoms with van der Waals surface area (Å²) >= 11 is 6.40. The van der Waals surface area contributed by atoms with Crippen LogP contribution >= 0.6 is 11.6 Å². The molecular weight excluding hydrogens is 282 g/mol. The molecule has 0 fully saturated rings. The molecule has 0 saturated carbocycles. The van der Waals surface area contributed by atoms with Crippen LogP contribution in [-0.2, 0) is 6.54 Å². The van der Waals surface area contributed by atoms with Gasteiger partial charge in [-0.1, -0.05) is 23.7 Å². The highest BCUT2D eigenvalue weighted by molar-refractivity contribution is 6.33. The van der Waals surface area contributed by atoms with Gasteiger partial charge in [0, 0.05) is 31.0 Å². The number of benzene rings is 2. The molecule has 112 valence electrons. The first-order chi connectivity index (χ1) is 10.2. The lowest BCUT2D eigenvalue weighted by molar-refractivity contribution is 0.866. The molecule has 21 heavy (non-hydrogen) atoms. The largest absolute Gasteiger partial charge is 0.371 e. The maximum Gasteiger partial charge on any atom is 0.0660 e. The van der Waals surface area contributed by atoms with Crippen molar-refractivity contribution in [2.75, 3.05) is 23.3 Å². The lowest BCUT2D eigenvalue weighted by atomic mass is 10.2. The molecule has 2 aromatic rings. The third kappa shape index (κ3) is 3.90. The molecule has 0 heterocycles. The molecule has 0 saturated heterocycles. The number of halogens is 1. The van der Waals surface area contributed by atoms with Crippen LogP contribution in [0.15, 0.2) is 42.5 Å². The zero-order valence-corrected chi connectivity index (χ0v) is 13.3. The van der Waals surface area contributed by atoms with Crippen molar-refractivity contribution in [2.45, 2.75) is 20.4 Å². The molecule has 0 unspecified atom stereocenters. The minimum atomic E-state index is 0.560. The van der Waals surface area contributed by atoms with Crippen molar-refractivity contribution in [1.29, 1.82) is 0 Å². The van der Waals surface area contributed by atoms with E-state index in [0.717, 1.165) is 40.7 Å². The van der Waals surface area contributed by atoms with Crippen LogP contribution in [0.2, 0.25) is 5.02 Å². The first-order valence-electron chi connectivity index (χ1n) is 7.28. The van der Waals surface area contributed by atoms with Crippen LogP contribution in [-0.4, -0.2) is 13.1 Å². The number of nitrogens with zero attached hydrogens (tertiary/aromatic N) is 1. The fraction of sp³-hybridized carbons (Fsp3) is 0.294. The van der Waals surface area contributed by atoms with Crippen LogP contribution in [0.4, 0.5) is 17.1 Å². The molecule has 0 bridgehead atoms. The molecule has 0 atom stereocenters. The average Bonchev–Trinajstić information content (AvgIpc) is 2.51. The summed E-state index contributed by atoms with van der Waals surface area (Å²) < 4.78 is 0.